The molecule has 0 bridgehead atoms. The lowest BCUT2D eigenvalue weighted by atomic mass is 10.1. The molecule has 4 rings (SSSR count). The Morgan fingerprint density at radius 2 is 1.84 bits per heavy atom. The molecule has 158 valence electrons. The summed E-state index contributed by atoms with van der Waals surface area (Å²) in [6, 6.07) is 19.7. The van der Waals surface area contributed by atoms with E-state index in [0.29, 0.717) is 37.1 Å². The van der Waals surface area contributed by atoms with Gasteiger partial charge in [-0.25, -0.2) is 9.37 Å². The van der Waals surface area contributed by atoms with Gasteiger partial charge in [0.05, 0.1) is 6.54 Å². The van der Waals surface area contributed by atoms with Gasteiger partial charge in [-0.2, -0.15) is 15.0 Å². The third-order valence-corrected chi connectivity index (χ3v) is 4.91. The Morgan fingerprint density at radius 3 is 2.61 bits per heavy atom. The summed E-state index contributed by atoms with van der Waals surface area (Å²) in [5.74, 6) is 0.223. The van der Waals surface area contributed by atoms with E-state index < -0.39 is 0 Å². The zero-order valence-electron chi connectivity index (χ0n) is 16.7. The van der Waals surface area contributed by atoms with E-state index in [1.807, 2.05) is 48.5 Å². The van der Waals surface area contributed by atoms with E-state index in [1.165, 1.54) is 12.1 Å². The van der Waals surface area contributed by atoms with Crippen molar-refractivity contribution in [2.75, 3.05) is 13.2 Å². The van der Waals surface area contributed by atoms with E-state index in [9.17, 15) is 4.39 Å². The van der Waals surface area contributed by atoms with E-state index >= 15 is 0 Å². The number of benzene rings is 2. The van der Waals surface area contributed by atoms with Crippen LogP contribution in [0.1, 0.15) is 11.3 Å². The first-order chi connectivity index (χ1) is 15.2. The smallest absolute Gasteiger partial charge is 0.213 e. The highest BCUT2D eigenvalue weighted by molar-refractivity contribution is 6.31. The molecule has 0 saturated carbocycles. The van der Waals surface area contributed by atoms with Gasteiger partial charge in [-0.3, -0.25) is 0 Å². The maximum absolute atomic E-state index is 13.3. The molecule has 2 aromatic carbocycles. The van der Waals surface area contributed by atoms with E-state index in [2.05, 4.69) is 20.5 Å². The summed E-state index contributed by atoms with van der Waals surface area (Å²) >= 11 is 6.17. The molecular formula is C23H21ClFN5O. The van der Waals surface area contributed by atoms with Gasteiger partial charge in [-0.15, -0.1) is 0 Å². The average Bonchev–Trinajstić information content (AvgIpc) is 3.19. The van der Waals surface area contributed by atoms with Crippen molar-refractivity contribution >= 4 is 11.6 Å². The molecule has 0 atom stereocenters. The van der Waals surface area contributed by atoms with Crippen LogP contribution in [-0.2, 0) is 13.1 Å². The zero-order valence-corrected chi connectivity index (χ0v) is 17.5. The highest BCUT2D eigenvalue weighted by Gasteiger charge is 2.14. The molecule has 0 unspecified atom stereocenters. The van der Waals surface area contributed by atoms with Crippen molar-refractivity contribution in [1.29, 1.82) is 0 Å². The summed E-state index contributed by atoms with van der Waals surface area (Å²) in [6.07, 6.45) is 1.70. The topological polar surface area (TPSA) is 64.9 Å². The van der Waals surface area contributed by atoms with Crippen LogP contribution >= 0.6 is 11.6 Å². The Labute approximate surface area is 184 Å². The number of rotatable bonds is 9. The Hall–Kier alpha value is -3.29. The fourth-order valence-corrected chi connectivity index (χ4v) is 3.29. The Kier molecular flexibility index (Phi) is 6.86. The number of aromatic nitrogens is 4. The summed E-state index contributed by atoms with van der Waals surface area (Å²) in [4.78, 5) is 5.72. The minimum atomic E-state index is -0.370. The first-order valence-corrected chi connectivity index (χ1v) is 10.2. The van der Waals surface area contributed by atoms with Crippen LogP contribution < -0.4 is 10.1 Å². The van der Waals surface area contributed by atoms with E-state index in [4.69, 9.17) is 16.3 Å². The average molecular weight is 438 g/mol. The molecule has 8 heteroatoms. The van der Waals surface area contributed by atoms with Crippen molar-refractivity contribution in [2.24, 2.45) is 0 Å². The summed E-state index contributed by atoms with van der Waals surface area (Å²) in [5, 5.41) is 13.0. The molecule has 0 aliphatic rings. The highest BCUT2D eigenvalue weighted by atomic mass is 35.5. The number of hydrogen-bond acceptors (Lipinski definition) is 5. The third-order valence-electron chi connectivity index (χ3n) is 4.56. The van der Waals surface area contributed by atoms with Crippen molar-refractivity contribution < 1.29 is 9.13 Å². The summed E-state index contributed by atoms with van der Waals surface area (Å²) in [7, 11) is 0. The van der Waals surface area contributed by atoms with Crippen molar-refractivity contribution in [3.05, 3.63) is 95.0 Å². The van der Waals surface area contributed by atoms with Gasteiger partial charge in [0.15, 0.2) is 0 Å². The number of ether oxygens (including phenoxy) is 1. The minimum Gasteiger partial charge on any atom is -0.476 e. The third kappa shape index (κ3) is 5.65. The number of hydrogen-bond donors (Lipinski definition) is 1. The summed E-state index contributed by atoms with van der Waals surface area (Å²) < 4.78 is 18.9. The molecule has 0 aliphatic carbocycles. The second kappa shape index (κ2) is 10.1. The molecule has 1 N–H and O–H groups in total. The largest absolute Gasteiger partial charge is 0.476 e. The van der Waals surface area contributed by atoms with E-state index in [1.54, 1.807) is 17.1 Å². The van der Waals surface area contributed by atoms with Crippen LogP contribution in [0.15, 0.2) is 72.9 Å². The summed E-state index contributed by atoms with van der Waals surface area (Å²) in [5.41, 5.74) is 3.32. The van der Waals surface area contributed by atoms with Crippen molar-refractivity contribution in [3.8, 4) is 17.1 Å². The maximum Gasteiger partial charge on any atom is 0.213 e. The molecule has 0 fully saturated rings. The summed E-state index contributed by atoms with van der Waals surface area (Å²) in [6.45, 7) is 1.98. The van der Waals surface area contributed by atoms with Crippen molar-refractivity contribution in [1.82, 2.24) is 25.3 Å². The standard InChI is InChI=1S/C23H21ClFN5O/c24-20-14-19(25)10-9-18(20)16-30-28-21(23(29-30)17-6-2-1-3-7-17)15-26-12-13-31-22-8-4-5-11-27-22/h1-11,14,26H,12-13,15-16H2. The van der Waals surface area contributed by atoms with Crippen LogP contribution in [0.5, 0.6) is 5.88 Å². The van der Waals surface area contributed by atoms with E-state index in [0.717, 1.165) is 22.5 Å². The molecule has 4 aromatic rings. The number of nitrogens with one attached hydrogen (secondary N) is 1. The molecular weight excluding hydrogens is 417 g/mol. The SMILES string of the molecule is Fc1ccc(Cn2nc(CNCCOc3ccccn3)c(-c3ccccc3)n2)c(Cl)c1. The zero-order chi connectivity index (χ0) is 21.5. The second-order valence-electron chi connectivity index (χ2n) is 6.82. The predicted molar refractivity (Wildman–Crippen MR) is 117 cm³/mol. The lowest BCUT2D eigenvalue weighted by Crippen LogP contribution is -2.21. The van der Waals surface area contributed by atoms with Gasteiger partial charge in [0.1, 0.15) is 23.8 Å². The highest BCUT2D eigenvalue weighted by Crippen LogP contribution is 2.22. The lowest BCUT2D eigenvalue weighted by Gasteiger charge is -2.06. The van der Waals surface area contributed by atoms with Crippen LogP contribution in [-0.4, -0.2) is 33.1 Å². The Bertz CT molecular complexity index is 1120. The van der Waals surface area contributed by atoms with E-state index in [-0.39, 0.29) is 5.82 Å². The van der Waals surface area contributed by atoms with Crippen LogP contribution in [0.2, 0.25) is 5.02 Å². The van der Waals surface area contributed by atoms with Crippen LogP contribution in [0.3, 0.4) is 0 Å². The van der Waals surface area contributed by atoms with Gasteiger partial charge in [-0.1, -0.05) is 54.1 Å². The molecule has 0 aliphatic heterocycles. The van der Waals surface area contributed by atoms with Gasteiger partial charge in [0, 0.05) is 35.9 Å². The molecule has 0 saturated heterocycles. The maximum atomic E-state index is 13.3. The molecule has 2 aromatic heterocycles. The number of nitrogens with zero attached hydrogens (tertiary/aromatic N) is 4. The molecule has 0 spiro atoms. The fraction of sp³-hybridized carbons (Fsp3) is 0.174. The minimum absolute atomic E-state index is 0.349. The van der Waals surface area contributed by atoms with Gasteiger partial charge in [0.2, 0.25) is 5.88 Å². The van der Waals surface area contributed by atoms with Gasteiger partial charge >= 0.3 is 0 Å². The molecule has 31 heavy (non-hydrogen) atoms. The van der Waals surface area contributed by atoms with Crippen LogP contribution in [0, 0.1) is 5.82 Å². The lowest BCUT2D eigenvalue weighted by molar-refractivity contribution is 0.302. The fourth-order valence-electron chi connectivity index (χ4n) is 3.06. The Balaban J connectivity index is 1.45. The van der Waals surface area contributed by atoms with Crippen molar-refractivity contribution in [2.45, 2.75) is 13.1 Å². The predicted octanol–water partition coefficient (Wildman–Crippen LogP) is 4.35. The monoisotopic (exact) mass is 437 g/mol. The number of halogens is 2. The van der Waals surface area contributed by atoms with Gasteiger partial charge in [-0.05, 0) is 23.8 Å². The second-order valence-corrected chi connectivity index (χ2v) is 7.23. The van der Waals surface area contributed by atoms with Crippen LogP contribution in [0.25, 0.3) is 11.3 Å². The Morgan fingerprint density at radius 1 is 1.00 bits per heavy atom. The first kappa shape index (κ1) is 21.0. The van der Waals surface area contributed by atoms with Gasteiger partial charge < -0.3 is 10.1 Å². The van der Waals surface area contributed by atoms with Crippen LogP contribution in [0.4, 0.5) is 4.39 Å². The van der Waals surface area contributed by atoms with Crippen molar-refractivity contribution in [3.63, 3.8) is 0 Å². The molecule has 6 nitrogen and oxygen atoms in total. The number of pyridine rings is 1. The van der Waals surface area contributed by atoms with Gasteiger partial charge in [0.25, 0.3) is 0 Å². The quantitative estimate of drug-likeness (QED) is 0.394. The molecule has 0 radical (unpaired) electrons. The first-order valence-electron chi connectivity index (χ1n) is 9.87. The molecule has 2 heterocycles. The normalized spacial score (nSPS) is 10.9. The molecule has 0 amide bonds.